The van der Waals surface area contributed by atoms with E-state index in [0.29, 0.717) is 11.7 Å². The zero-order chi connectivity index (χ0) is 18.1. The van der Waals surface area contributed by atoms with Gasteiger partial charge >= 0.3 is 0 Å². The molecule has 0 aliphatic heterocycles. The molecular formula is C16H28N6OS. The summed E-state index contributed by atoms with van der Waals surface area (Å²) in [6.07, 6.45) is 0. The van der Waals surface area contributed by atoms with Crippen LogP contribution in [-0.4, -0.2) is 48.4 Å². The fourth-order valence-electron chi connectivity index (χ4n) is 2.40. The Morgan fingerprint density at radius 2 is 2.04 bits per heavy atom. The molecule has 0 bridgehead atoms. The molecular weight excluding hydrogens is 324 g/mol. The molecule has 134 valence electrons. The van der Waals surface area contributed by atoms with Gasteiger partial charge in [-0.05, 0) is 46.0 Å². The van der Waals surface area contributed by atoms with E-state index in [0.717, 1.165) is 41.5 Å². The summed E-state index contributed by atoms with van der Waals surface area (Å²) in [7, 11) is 3.48. The van der Waals surface area contributed by atoms with Crippen molar-refractivity contribution in [3.05, 3.63) is 23.0 Å². The first-order chi connectivity index (χ1) is 11.5. The fourth-order valence-corrected chi connectivity index (χ4v) is 2.59. The van der Waals surface area contributed by atoms with E-state index in [9.17, 15) is 0 Å². The number of methoxy groups -OCH3 is 1. The molecule has 0 aliphatic rings. The molecule has 24 heavy (non-hydrogen) atoms. The average molecular weight is 353 g/mol. The fraction of sp³-hybridized carbons (Fsp3) is 0.562. The molecule has 0 atom stereocenters. The number of nitrogens with zero attached hydrogens (tertiary/aromatic N) is 3. The number of hydrazone groups is 2. The maximum atomic E-state index is 5.19. The van der Waals surface area contributed by atoms with E-state index < -0.39 is 0 Å². The number of nitrogens with one attached hydrogen (secondary N) is 3. The zero-order valence-corrected chi connectivity index (χ0v) is 16.2. The Hall–Kier alpha value is -1.93. The summed E-state index contributed by atoms with van der Waals surface area (Å²) in [5, 5.41) is 12.2. The van der Waals surface area contributed by atoms with Gasteiger partial charge in [-0.3, -0.25) is 5.43 Å². The summed E-state index contributed by atoms with van der Waals surface area (Å²) in [5.74, 6) is 0. The molecule has 0 amide bonds. The minimum Gasteiger partial charge on any atom is -0.383 e. The Kier molecular flexibility index (Phi) is 8.42. The third-order valence-corrected chi connectivity index (χ3v) is 3.81. The topological polar surface area (TPSA) is 75.0 Å². The van der Waals surface area contributed by atoms with Gasteiger partial charge in [-0.2, -0.15) is 10.2 Å². The highest BCUT2D eigenvalue weighted by Crippen LogP contribution is 2.17. The van der Waals surface area contributed by atoms with Crippen LogP contribution in [0.15, 0.2) is 16.3 Å². The van der Waals surface area contributed by atoms with Crippen LogP contribution in [0.5, 0.6) is 0 Å². The second-order valence-electron chi connectivity index (χ2n) is 5.28. The minimum absolute atomic E-state index is 0.492. The van der Waals surface area contributed by atoms with Gasteiger partial charge in [0, 0.05) is 44.2 Å². The second-order valence-corrected chi connectivity index (χ2v) is 5.69. The average Bonchev–Trinajstić information content (AvgIpc) is 2.83. The molecule has 8 heteroatoms. The van der Waals surface area contributed by atoms with Crippen molar-refractivity contribution >= 4 is 28.8 Å². The molecule has 0 fully saturated rings. The first kappa shape index (κ1) is 20.1. The van der Waals surface area contributed by atoms with E-state index in [1.54, 1.807) is 14.2 Å². The van der Waals surface area contributed by atoms with E-state index in [1.165, 1.54) is 0 Å². The number of thiocarbonyl (C=S) groups is 1. The van der Waals surface area contributed by atoms with Crippen molar-refractivity contribution < 1.29 is 4.74 Å². The van der Waals surface area contributed by atoms with Crippen LogP contribution < -0.4 is 16.2 Å². The van der Waals surface area contributed by atoms with Crippen LogP contribution in [0.4, 0.5) is 0 Å². The highest BCUT2D eigenvalue weighted by Gasteiger charge is 2.16. The van der Waals surface area contributed by atoms with Crippen molar-refractivity contribution in [2.24, 2.45) is 10.2 Å². The van der Waals surface area contributed by atoms with E-state index in [4.69, 9.17) is 17.0 Å². The predicted molar refractivity (Wildman–Crippen MR) is 104 cm³/mol. The largest absolute Gasteiger partial charge is 0.383 e. The van der Waals surface area contributed by atoms with Crippen molar-refractivity contribution in [2.45, 2.75) is 34.2 Å². The van der Waals surface area contributed by atoms with Crippen molar-refractivity contribution in [2.75, 3.05) is 27.3 Å². The van der Waals surface area contributed by atoms with Crippen LogP contribution in [0, 0.1) is 13.8 Å². The monoisotopic (exact) mass is 352 g/mol. The molecule has 3 N–H and O–H groups in total. The van der Waals surface area contributed by atoms with Gasteiger partial charge in [0.2, 0.25) is 0 Å². The van der Waals surface area contributed by atoms with Gasteiger partial charge in [-0.1, -0.05) is 0 Å². The molecule has 1 rings (SSSR count). The number of aromatic nitrogens is 1. The highest BCUT2D eigenvalue weighted by atomic mass is 32.1. The molecule has 0 saturated heterocycles. The molecule has 1 heterocycles. The Balaban J connectivity index is 3.11. The molecule has 1 aromatic heterocycles. The van der Waals surface area contributed by atoms with Gasteiger partial charge in [0.25, 0.3) is 0 Å². The Morgan fingerprint density at radius 3 is 2.62 bits per heavy atom. The summed E-state index contributed by atoms with van der Waals surface area (Å²) >= 11 is 5.14. The van der Waals surface area contributed by atoms with Crippen molar-refractivity contribution in [3.8, 4) is 0 Å². The lowest BCUT2D eigenvalue weighted by atomic mass is 10.1. The molecule has 0 radical (unpaired) electrons. The highest BCUT2D eigenvalue weighted by molar-refractivity contribution is 7.80. The third kappa shape index (κ3) is 5.31. The minimum atomic E-state index is 0.492. The van der Waals surface area contributed by atoms with E-state index in [2.05, 4.69) is 50.9 Å². The van der Waals surface area contributed by atoms with Crippen LogP contribution in [0.25, 0.3) is 0 Å². The number of hydrogen-bond donors (Lipinski definition) is 3. The Morgan fingerprint density at radius 1 is 1.33 bits per heavy atom. The van der Waals surface area contributed by atoms with Gasteiger partial charge < -0.3 is 20.0 Å². The van der Waals surface area contributed by atoms with Crippen LogP contribution in [0.2, 0.25) is 0 Å². The molecule has 0 unspecified atom stereocenters. The van der Waals surface area contributed by atoms with Gasteiger partial charge in [0.05, 0.1) is 12.3 Å². The van der Waals surface area contributed by atoms with Crippen LogP contribution in [0.3, 0.4) is 0 Å². The van der Waals surface area contributed by atoms with E-state index in [1.807, 2.05) is 13.8 Å². The van der Waals surface area contributed by atoms with E-state index in [-0.39, 0.29) is 0 Å². The zero-order valence-electron chi connectivity index (χ0n) is 15.4. The first-order valence-electron chi connectivity index (χ1n) is 7.95. The van der Waals surface area contributed by atoms with Crippen LogP contribution in [-0.2, 0) is 11.3 Å². The van der Waals surface area contributed by atoms with Gasteiger partial charge in [0.1, 0.15) is 5.71 Å². The number of aryl methyl sites for hydroxylation is 1. The maximum Gasteiger partial charge on any atom is 0.186 e. The molecule has 0 aliphatic carbocycles. The molecule has 0 spiro atoms. The maximum absolute atomic E-state index is 5.19. The molecule has 1 aromatic rings. The summed E-state index contributed by atoms with van der Waals surface area (Å²) < 4.78 is 7.41. The SMILES string of the molecule is CCNC(=S)N/N=C(C)/C(=N/NC)c1cc(C)n(CCOC)c1C. The van der Waals surface area contributed by atoms with Crippen molar-refractivity contribution in [1.82, 2.24) is 20.7 Å². The van der Waals surface area contributed by atoms with Gasteiger partial charge in [0.15, 0.2) is 5.11 Å². The van der Waals surface area contributed by atoms with Crippen molar-refractivity contribution in [1.29, 1.82) is 0 Å². The smallest absolute Gasteiger partial charge is 0.186 e. The second kappa shape index (κ2) is 10.0. The number of ether oxygens (including phenoxy) is 1. The van der Waals surface area contributed by atoms with Gasteiger partial charge in [-0.25, -0.2) is 0 Å². The molecule has 0 saturated carbocycles. The number of rotatable bonds is 8. The quantitative estimate of drug-likeness (QED) is 0.376. The summed E-state index contributed by atoms with van der Waals surface area (Å²) in [6, 6.07) is 2.11. The lowest BCUT2D eigenvalue weighted by Crippen LogP contribution is -2.33. The lowest BCUT2D eigenvalue weighted by Gasteiger charge is -2.11. The summed E-state index contributed by atoms with van der Waals surface area (Å²) in [5.41, 5.74) is 10.5. The molecule has 0 aromatic carbocycles. The normalized spacial score (nSPS) is 12.2. The van der Waals surface area contributed by atoms with Crippen LogP contribution >= 0.6 is 12.2 Å². The van der Waals surface area contributed by atoms with E-state index >= 15 is 0 Å². The standard InChI is InChI=1S/C16H28N6OS/c1-7-18-16(24)21-19-12(3)15(20-17-5)14-10-11(2)22(13(14)4)8-9-23-6/h10,17H,7-9H2,1-6H3,(H2,18,21,24)/b19-12+,20-15-. The molecule has 7 nitrogen and oxygen atoms in total. The van der Waals surface area contributed by atoms with Crippen LogP contribution in [0.1, 0.15) is 30.8 Å². The summed E-state index contributed by atoms with van der Waals surface area (Å²) in [6.45, 7) is 10.3. The third-order valence-electron chi connectivity index (χ3n) is 3.58. The Bertz CT molecular complexity index is 620. The lowest BCUT2D eigenvalue weighted by molar-refractivity contribution is 0.186. The Labute approximate surface area is 149 Å². The number of hydrogen-bond acceptors (Lipinski definition) is 5. The first-order valence-corrected chi connectivity index (χ1v) is 8.36. The summed E-state index contributed by atoms with van der Waals surface area (Å²) in [4.78, 5) is 0. The predicted octanol–water partition coefficient (Wildman–Crippen LogP) is 1.53. The van der Waals surface area contributed by atoms with Gasteiger partial charge in [-0.15, -0.1) is 0 Å². The van der Waals surface area contributed by atoms with Crippen molar-refractivity contribution in [3.63, 3.8) is 0 Å².